The van der Waals surface area contributed by atoms with Gasteiger partial charge in [0.25, 0.3) is 0 Å². The Hall–Kier alpha value is -1.11. The summed E-state index contributed by atoms with van der Waals surface area (Å²) in [5.74, 6) is 0. The van der Waals surface area contributed by atoms with Gasteiger partial charge in [0.15, 0.2) is 0 Å². The van der Waals surface area contributed by atoms with E-state index < -0.39 is 11.7 Å². The summed E-state index contributed by atoms with van der Waals surface area (Å²) in [7, 11) is 3.96. The molecule has 1 N–H and O–H groups in total. The molecule has 0 aliphatic carbocycles. The van der Waals surface area contributed by atoms with Gasteiger partial charge in [-0.1, -0.05) is 18.2 Å². The highest BCUT2D eigenvalue weighted by molar-refractivity contribution is 5.25. The molecule has 0 bridgehead atoms. The van der Waals surface area contributed by atoms with E-state index in [4.69, 9.17) is 0 Å². The normalized spacial score (nSPS) is 24.0. The van der Waals surface area contributed by atoms with Gasteiger partial charge in [0, 0.05) is 25.2 Å². The number of alkyl halides is 3. The molecule has 0 radical (unpaired) electrons. The van der Waals surface area contributed by atoms with Crippen LogP contribution in [0, 0.1) is 0 Å². The number of rotatable bonds is 4. The molecular weight excluding hydrogens is 281 g/mol. The van der Waals surface area contributed by atoms with Gasteiger partial charge in [-0.05, 0) is 32.1 Å². The molecule has 1 aromatic rings. The van der Waals surface area contributed by atoms with Crippen LogP contribution in [0.1, 0.15) is 17.5 Å². The summed E-state index contributed by atoms with van der Waals surface area (Å²) in [6.07, 6.45) is -3.48. The number of likely N-dealkylation sites (N-methyl/N-ethyl adjacent to an activating group) is 1. The molecule has 1 aliphatic rings. The maximum absolute atomic E-state index is 12.7. The molecule has 0 amide bonds. The van der Waals surface area contributed by atoms with Crippen LogP contribution in [0.25, 0.3) is 0 Å². The number of aliphatic hydroxyl groups is 1. The number of halogens is 3. The minimum atomic E-state index is -4.32. The van der Waals surface area contributed by atoms with E-state index in [1.54, 1.807) is 6.07 Å². The van der Waals surface area contributed by atoms with Crippen LogP contribution in [-0.2, 0) is 12.7 Å². The number of nitrogens with zero attached hydrogens (tertiary/aromatic N) is 2. The van der Waals surface area contributed by atoms with E-state index in [9.17, 15) is 18.3 Å². The molecule has 1 saturated heterocycles. The van der Waals surface area contributed by atoms with Crippen molar-refractivity contribution < 1.29 is 18.3 Å². The predicted molar refractivity (Wildman–Crippen MR) is 74.8 cm³/mol. The Balaban J connectivity index is 2.10. The predicted octanol–water partition coefficient (Wildman–Crippen LogP) is 2.20. The lowest BCUT2D eigenvalue weighted by Crippen LogP contribution is -2.33. The lowest BCUT2D eigenvalue weighted by molar-refractivity contribution is -0.137. The molecule has 0 unspecified atom stereocenters. The van der Waals surface area contributed by atoms with E-state index in [2.05, 4.69) is 9.80 Å². The van der Waals surface area contributed by atoms with Crippen LogP contribution < -0.4 is 0 Å². The first-order valence-electron chi connectivity index (χ1n) is 6.98. The zero-order chi connectivity index (χ0) is 15.6. The lowest BCUT2D eigenvalue weighted by Gasteiger charge is -2.23. The molecule has 118 valence electrons. The fourth-order valence-electron chi connectivity index (χ4n) is 2.80. The molecule has 3 nitrogen and oxygen atoms in total. The van der Waals surface area contributed by atoms with E-state index in [1.807, 2.05) is 14.1 Å². The molecule has 0 aromatic heterocycles. The van der Waals surface area contributed by atoms with Crippen molar-refractivity contribution in [2.24, 2.45) is 0 Å². The highest BCUT2D eigenvalue weighted by atomic mass is 19.4. The van der Waals surface area contributed by atoms with E-state index in [0.29, 0.717) is 18.2 Å². The van der Waals surface area contributed by atoms with E-state index in [-0.39, 0.29) is 12.6 Å². The standard InChI is InChI=1S/C15H21F3N2O/c1-19(2)13-7-14(10-21)20(9-13)8-11-4-3-5-12(6-11)15(16,17)18/h3-6,13-14,21H,7-10H2,1-2H3/t13-,14+/m1/s1. The number of likely N-dealkylation sites (tertiary alicyclic amines) is 1. The molecule has 0 spiro atoms. The minimum absolute atomic E-state index is 0.00643. The highest BCUT2D eigenvalue weighted by Crippen LogP contribution is 2.30. The summed E-state index contributed by atoms with van der Waals surface area (Å²) in [4.78, 5) is 4.15. The number of hydrogen-bond donors (Lipinski definition) is 1. The third kappa shape index (κ3) is 3.96. The van der Waals surface area contributed by atoms with Crippen molar-refractivity contribution in [3.8, 4) is 0 Å². The van der Waals surface area contributed by atoms with Gasteiger partial charge >= 0.3 is 6.18 Å². The Morgan fingerprint density at radius 1 is 1.33 bits per heavy atom. The summed E-state index contributed by atoms with van der Waals surface area (Å²) >= 11 is 0. The Labute approximate surface area is 123 Å². The Morgan fingerprint density at radius 3 is 2.62 bits per heavy atom. The Morgan fingerprint density at radius 2 is 2.05 bits per heavy atom. The summed E-state index contributed by atoms with van der Waals surface area (Å²) in [5, 5.41) is 9.46. The number of aliphatic hydroxyl groups excluding tert-OH is 1. The minimum Gasteiger partial charge on any atom is -0.395 e. The van der Waals surface area contributed by atoms with Gasteiger partial charge in [0.05, 0.1) is 12.2 Å². The van der Waals surface area contributed by atoms with Crippen molar-refractivity contribution >= 4 is 0 Å². The maximum atomic E-state index is 12.7. The van der Waals surface area contributed by atoms with Crippen molar-refractivity contribution in [2.75, 3.05) is 27.2 Å². The quantitative estimate of drug-likeness (QED) is 0.924. The van der Waals surface area contributed by atoms with Crippen molar-refractivity contribution in [1.29, 1.82) is 0 Å². The zero-order valence-corrected chi connectivity index (χ0v) is 12.3. The summed E-state index contributed by atoms with van der Waals surface area (Å²) in [6.45, 7) is 1.22. The molecule has 1 aliphatic heterocycles. The molecular formula is C15H21F3N2O. The molecule has 0 saturated carbocycles. The summed E-state index contributed by atoms with van der Waals surface area (Å²) < 4.78 is 38.2. The van der Waals surface area contributed by atoms with E-state index in [0.717, 1.165) is 19.0 Å². The first kappa shape index (κ1) is 16.3. The van der Waals surface area contributed by atoms with E-state index in [1.165, 1.54) is 12.1 Å². The molecule has 6 heteroatoms. The largest absolute Gasteiger partial charge is 0.416 e. The van der Waals surface area contributed by atoms with Gasteiger partial charge in [0.1, 0.15) is 0 Å². The van der Waals surface area contributed by atoms with Crippen molar-refractivity contribution in [2.45, 2.75) is 31.2 Å². The third-order valence-corrected chi connectivity index (χ3v) is 4.09. The topological polar surface area (TPSA) is 26.7 Å². The fraction of sp³-hybridized carbons (Fsp3) is 0.600. The summed E-state index contributed by atoms with van der Waals surface area (Å²) in [6, 6.07) is 5.75. The van der Waals surface area contributed by atoms with Crippen LogP contribution in [0.15, 0.2) is 24.3 Å². The second-order valence-electron chi connectivity index (χ2n) is 5.82. The lowest BCUT2D eigenvalue weighted by atomic mass is 10.1. The van der Waals surface area contributed by atoms with Gasteiger partial charge in [0.2, 0.25) is 0 Å². The molecule has 1 aromatic carbocycles. The Kier molecular flexibility index (Phi) is 4.91. The summed E-state index contributed by atoms with van der Waals surface area (Å²) in [5.41, 5.74) is 0.00610. The zero-order valence-electron chi connectivity index (χ0n) is 12.3. The van der Waals surface area contributed by atoms with Crippen molar-refractivity contribution in [1.82, 2.24) is 9.80 Å². The molecule has 1 heterocycles. The second kappa shape index (κ2) is 6.34. The maximum Gasteiger partial charge on any atom is 0.416 e. The first-order valence-corrected chi connectivity index (χ1v) is 6.98. The molecule has 21 heavy (non-hydrogen) atoms. The SMILES string of the molecule is CN(C)[C@@H]1C[C@@H](CO)N(Cc2cccc(C(F)(F)F)c2)C1. The average Bonchev–Trinajstić information content (AvgIpc) is 2.81. The van der Waals surface area contributed by atoms with Crippen molar-refractivity contribution in [3.63, 3.8) is 0 Å². The third-order valence-electron chi connectivity index (χ3n) is 4.09. The van der Waals surface area contributed by atoms with Gasteiger partial charge in [-0.3, -0.25) is 4.90 Å². The van der Waals surface area contributed by atoms with Crippen LogP contribution in [0.4, 0.5) is 13.2 Å². The van der Waals surface area contributed by atoms with Crippen LogP contribution in [0.2, 0.25) is 0 Å². The fourth-order valence-corrected chi connectivity index (χ4v) is 2.80. The monoisotopic (exact) mass is 302 g/mol. The molecule has 1 fully saturated rings. The highest BCUT2D eigenvalue weighted by Gasteiger charge is 2.33. The van der Waals surface area contributed by atoms with Crippen LogP contribution in [0.3, 0.4) is 0 Å². The van der Waals surface area contributed by atoms with E-state index >= 15 is 0 Å². The van der Waals surface area contributed by atoms with Gasteiger partial charge < -0.3 is 10.0 Å². The Bertz CT molecular complexity index is 476. The van der Waals surface area contributed by atoms with Gasteiger partial charge in [-0.15, -0.1) is 0 Å². The molecule has 2 rings (SSSR count). The number of benzene rings is 1. The van der Waals surface area contributed by atoms with Gasteiger partial charge in [-0.25, -0.2) is 0 Å². The van der Waals surface area contributed by atoms with Crippen LogP contribution in [0.5, 0.6) is 0 Å². The smallest absolute Gasteiger partial charge is 0.395 e. The molecule has 2 atom stereocenters. The average molecular weight is 302 g/mol. The first-order chi connectivity index (χ1) is 9.81. The van der Waals surface area contributed by atoms with Crippen LogP contribution >= 0.6 is 0 Å². The second-order valence-corrected chi connectivity index (χ2v) is 5.82. The van der Waals surface area contributed by atoms with Crippen molar-refractivity contribution in [3.05, 3.63) is 35.4 Å². The van der Waals surface area contributed by atoms with Gasteiger partial charge in [-0.2, -0.15) is 13.2 Å². The van der Waals surface area contributed by atoms with Crippen LogP contribution in [-0.4, -0.2) is 54.2 Å². The number of hydrogen-bond acceptors (Lipinski definition) is 3.